The molecule has 0 spiro atoms. The number of carbonyl (C=O) groups is 4. The van der Waals surface area contributed by atoms with E-state index >= 15 is 0 Å². The minimum absolute atomic E-state index is 0.143. The molecule has 1 aliphatic heterocycles. The van der Waals surface area contributed by atoms with Crippen LogP contribution in [0, 0.1) is 0 Å². The third kappa shape index (κ3) is 7.02. The number of nitrogens with zero attached hydrogens (tertiary/aromatic N) is 2. The first-order valence-electron chi connectivity index (χ1n) is 17.3. The molecule has 2 amide bonds. The zero-order valence-electron chi connectivity index (χ0n) is 29.6. The van der Waals surface area contributed by atoms with Gasteiger partial charge in [-0.1, -0.05) is 78.9 Å². The molecule has 1 aliphatic rings. The number of hydrogen-bond acceptors (Lipinski definition) is 8. The number of ether oxygens (including phenoxy) is 2. The van der Waals surface area contributed by atoms with Gasteiger partial charge in [-0.2, -0.15) is 0 Å². The molecule has 5 atom stereocenters. The first-order chi connectivity index (χ1) is 25.6. The van der Waals surface area contributed by atoms with Crippen LogP contribution in [0.1, 0.15) is 71.1 Å². The molecule has 53 heavy (non-hydrogen) atoms. The number of hydrogen-bond donors (Lipinski definition) is 2. The van der Waals surface area contributed by atoms with Crippen LogP contribution in [0.5, 0.6) is 0 Å². The molecule has 12 nitrogen and oxygen atoms in total. The van der Waals surface area contributed by atoms with Crippen molar-refractivity contribution < 1.29 is 28.7 Å². The average molecular weight is 735 g/mol. The SMILES string of the molecule is CCOC(=O)C(C)NC(=O)c1ccccc1[C@@H]1n2c(=O)c3ccccc3c(=O)n2[C@@H](c2ccccc2C(=O)N[C@@H](C)C(=O)OCC)P1c1ccccc1. The third-order valence-electron chi connectivity index (χ3n) is 9.02. The second-order valence-corrected chi connectivity index (χ2v) is 14.7. The predicted molar refractivity (Wildman–Crippen MR) is 202 cm³/mol. The molecule has 272 valence electrons. The molecule has 5 aromatic rings. The monoisotopic (exact) mass is 734 g/mol. The molecule has 0 radical (unpaired) electrons. The van der Waals surface area contributed by atoms with Gasteiger partial charge in [-0.25, -0.2) is 19.0 Å². The van der Waals surface area contributed by atoms with Crippen molar-refractivity contribution in [1.29, 1.82) is 0 Å². The standard InChI is InChI=1S/C40H39N4O8P/c1-5-51-39(49)24(3)41-33(45)27-18-10-14-22-31(27)37-43-35(47)29-20-12-13-21-30(29)36(48)44(43)38(53(37)26-16-8-7-9-17-26)32-23-15-11-19-28(32)34(46)42-25(4)40(50)52-6-2/h7-25,37-38H,5-6H2,1-4H3,(H,41,45)(H,42,46)/t24-,25?,37+,38+,53?/m0/s1. The molecule has 0 fully saturated rings. The first kappa shape index (κ1) is 36.9. The molecule has 0 saturated heterocycles. The molecule has 0 bridgehead atoms. The van der Waals surface area contributed by atoms with E-state index in [4.69, 9.17) is 9.47 Å². The fourth-order valence-corrected chi connectivity index (χ4v) is 9.93. The van der Waals surface area contributed by atoms with Crippen molar-refractivity contribution in [2.45, 2.75) is 51.3 Å². The van der Waals surface area contributed by atoms with Gasteiger partial charge in [-0.05, 0) is 76.3 Å². The van der Waals surface area contributed by atoms with Crippen molar-refractivity contribution in [2.24, 2.45) is 0 Å². The van der Waals surface area contributed by atoms with Gasteiger partial charge in [-0.15, -0.1) is 0 Å². The third-order valence-corrected chi connectivity index (χ3v) is 12.0. The number of aromatic nitrogens is 2. The summed E-state index contributed by atoms with van der Waals surface area (Å²) in [5, 5.41) is 6.66. The van der Waals surface area contributed by atoms with Crippen LogP contribution >= 0.6 is 7.92 Å². The Balaban J connectivity index is 1.62. The lowest BCUT2D eigenvalue weighted by molar-refractivity contribution is -0.145. The van der Waals surface area contributed by atoms with Crippen molar-refractivity contribution >= 4 is 47.8 Å². The maximum Gasteiger partial charge on any atom is 0.328 e. The van der Waals surface area contributed by atoms with Gasteiger partial charge in [0, 0.05) is 11.1 Å². The van der Waals surface area contributed by atoms with Gasteiger partial charge in [-0.3, -0.25) is 19.2 Å². The van der Waals surface area contributed by atoms with Crippen LogP contribution in [0.4, 0.5) is 0 Å². The summed E-state index contributed by atoms with van der Waals surface area (Å²) in [6, 6.07) is 27.6. The Morgan fingerprint density at radius 3 is 1.40 bits per heavy atom. The van der Waals surface area contributed by atoms with E-state index in [2.05, 4.69) is 10.6 Å². The molecule has 2 N–H and O–H groups in total. The maximum atomic E-state index is 14.8. The van der Waals surface area contributed by atoms with Crippen LogP contribution < -0.4 is 27.1 Å². The second-order valence-electron chi connectivity index (χ2n) is 12.4. The highest BCUT2D eigenvalue weighted by Crippen LogP contribution is 2.65. The van der Waals surface area contributed by atoms with Crippen LogP contribution in [0.15, 0.2) is 113 Å². The van der Waals surface area contributed by atoms with E-state index in [9.17, 15) is 28.8 Å². The summed E-state index contributed by atoms with van der Waals surface area (Å²) < 4.78 is 13.1. The molecule has 0 aliphatic carbocycles. The van der Waals surface area contributed by atoms with Gasteiger partial charge in [0.1, 0.15) is 23.6 Å². The van der Waals surface area contributed by atoms with Gasteiger partial charge in [0.05, 0.1) is 24.0 Å². The zero-order chi connectivity index (χ0) is 37.8. The van der Waals surface area contributed by atoms with Crippen molar-refractivity contribution in [1.82, 2.24) is 20.0 Å². The van der Waals surface area contributed by atoms with Crippen LogP contribution in [-0.4, -0.2) is 58.4 Å². The number of nitrogens with one attached hydrogen (secondary N) is 2. The maximum absolute atomic E-state index is 14.8. The number of benzene rings is 4. The normalized spacial score (nSPS) is 17.3. The first-order valence-corrected chi connectivity index (χ1v) is 18.8. The van der Waals surface area contributed by atoms with Gasteiger partial charge < -0.3 is 20.1 Å². The molecule has 2 unspecified atom stereocenters. The molecular weight excluding hydrogens is 695 g/mol. The molecule has 2 heterocycles. The van der Waals surface area contributed by atoms with E-state index in [1.165, 1.54) is 23.2 Å². The van der Waals surface area contributed by atoms with Gasteiger partial charge in [0.25, 0.3) is 22.9 Å². The summed E-state index contributed by atoms with van der Waals surface area (Å²) >= 11 is 0. The van der Waals surface area contributed by atoms with Crippen molar-refractivity contribution in [3.05, 3.63) is 146 Å². The molecule has 13 heteroatoms. The van der Waals surface area contributed by atoms with Crippen molar-refractivity contribution in [3.8, 4) is 0 Å². The summed E-state index contributed by atoms with van der Waals surface area (Å²) in [6.45, 7) is 6.68. The summed E-state index contributed by atoms with van der Waals surface area (Å²) in [5.74, 6) is -4.12. The fraction of sp³-hybridized carbons (Fsp3) is 0.250. The molecular formula is C40H39N4O8P. The van der Waals surface area contributed by atoms with Gasteiger partial charge in [0.15, 0.2) is 0 Å². The Labute approximate surface area is 306 Å². The van der Waals surface area contributed by atoms with Gasteiger partial charge in [0.2, 0.25) is 0 Å². The van der Waals surface area contributed by atoms with E-state index in [1.54, 1.807) is 86.6 Å². The molecule has 0 saturated carbocycles. The van der Waals surface area contributed by atoms with Crippen LogP contribution in [0.25, 0.3) is 10.8 Å². The van der Waals surface area contributed by atoms with Crippen LogP contribution in [-0.2, 0) is 19.1 Å². The summed E-state index contributed by atoms with van der Waals surface area (Å²) in [4.78, 5) is 82.5. The highest BCUT2D eigenvalue weighted by Gasteiger charge is 2.47. The highest BCUT2D eigenvalue weighted by atomic mass is 31.1. The van der Waals surface area contributed by atoms with Crippen molar-refractivity contribution in [3.63, 3.8) is 0 Å². The lowest BCUT2D eigenvalue weighted by Gasteiger charge is -2.27. The zero-order valence-corrected chi connectivity index (χ0v) is 30.5. The highest BCUT2D eigenvalue weighted by molar-refractivity contribution is 7.66. The fourth-order valence-electron chi connectivity index (χ4n) is 6.63. The average Bonchev–Trinajstić information content (AvgIpc) is 3.53. The molecule has 4 aromatic carbocycles. The largest absolute Gasteiger partial charge is 0.464 e. The number of esters is 2. The Hall–Kier alpha value is -5.87. The topological polar surface area (TPSA) is 155 Å². The number of fused-ring (bicyclic) bond motifs is 2. The number of carbonyl (C=O) groups excluding carboxylic acids is 4. The van der Waals surface area contributed by atoms with Gasteiger partial charge >= 0.3 is 11.9 Å². The van der Waals surface area contributed by atoms with E-state index in [1.807, 2.05) is 30.3 Å². The minimum atomic E-state index is -1.72. The predicted octanol–water partition coefficient (Wildman–Crippen LogP) is 4.44. The quantitative estimate of drug-likeness (QED) is 0.149. The van der Waals surface area contributed by atoms with E-state index < -0.39 is 66.4 Å². The van der Waals surface area contributed by atoms with E-state index in [0.29, 0.717) is 11.1 Å². The smallest absolute Gasteiger partial charge is 0.328 e. The Morgan fingerprint density at radius 1 is 0.604 bits per heavy atom. The van der Waals surface area contributed by atoms with E-state index in [0.717, 1.165) is 5.30 Å². The van der Waals surface area contributed by atoms with Crippen LogP contribution in [0.2, 0.25) is 0 Å². The molecule has 1 aromatic heterocycles. The second kappa shape index (κ2) is 15.8. The van der Waals surface area contributed by atoms with E-state index in [-0.39, 0.29) is 35.1 Å². The Morgan fingerprint density at radius 2 is 0.981 bits per heavy atom. The number of rotatable bonds is 11. The number of amides is 2. The summed E-state index contributed by atoms with van der Waals surface area (Å²) in [6.07, 6.45) is 0. The van der Waals surface area contributed by atoms with Crippen LogP contribution in [0.3, 0.4) is 0 Å². The lowest BCUT2D eigenvalue weighted by Crippen LogP contribution is -2.41. The summed E-state index contributed by atoms with van der Waals surface area (Å²) in [7, 11) is -1.72. The Bertz CT molecular complexity index is 2180. The van der Waals surface area contributed by atoms with Crippen molar-refractivity contribution in [2.75, 3.05) is 13.2 Å². The molecule has 6 rings (SSSR count). The summed E-state index contributed by atoms with van der Waals surface area (Å²) in [5.41, 5.74) is 0.384. The minimum Gasteiger partial charge on any atom is -0.464 e. The lowest BCUT2D eigenvalue weighted by atomic mass is 10.1. The Kier molecular flexibility index (Phi) is 11.0.